The van der Waals surface area contributed by atoms with Crippen molar-refractivity contribution in [3.05, 3.63) is 102 Å². The minimum Gasteiger partial charge on any atom is -0.349 e. The summed E-state index contributed by atoms with van der Waals surface area (Å²) in [6.45, 7) is 4.08. The molecule has 6 heteroatoms. The van der Waals surface area contributed by atoms with E-state index < -0.39 is 0 Å². The number of benzene rings is 3. The molecule has 2 heterocycles. The topological polar surface area (TPSA) is 74.3 Å². The highest BCUT2D eigenvalue weighted by molar-refractivity contribution is 5.98. The fourth-order valence-electron chi connectivity index (χ4n) is 5.08. The number of hydrogen-bond donors (Lipinski definition) is 2. The molecule has 1 aliphatic rings. The molecule has 1 aromatic heterocycles. The quantitative estimate of drug-likeness (QED) is 0.342. The van der Waals surface area contributed by atoms with Crippen molar-refractivity contribution in [2.45, 2.75) is 38.3 Å². The van der Waals surface area contributed by atoms with Crippen molar-refractivity contribution in [1.82, 2.24) is 20.5 Å². The van der Waals surface area contributed by atoms with E-state index in [0.29, 0.717) is 11.1 Å². The van der Waals surface area contributed by atoms with E-state index in [1.54, 1.807) is 12.4 Å². The molecular formula is C32H34N4O2. The number of amides is 2. The van der Waals surface area contributed by atoms with Crippen LogP contribution in [0.15, 0.2) is 85.2 Å². The summed E-state index contributed by atoms with van der Waals surface area (Å²) in [5.41, 5.74) is 4.32. The van der Waals surface area contributed by atoms with Gasteiger partial charge < -0.3 is 15.5 Å². The van der Waals surface area contributed by atoms with E-state index in [1.807, 2.05) is 66.7 Å². The first-order valence-corrected chi connectivity index (χ1v) is 13.3. The van der Waals surface area contributed by atoms with Gasteiger partial charge in [0.25, 0.3) is 11.8 Å². The Kier molecular flexibility index (Phi) is 7.80. The first-order chi connectivity index (χ1) is 18.5. The summed E-state index contributed by atoms with van der Waals surface area (Å²) in [4.78, 5) is 32.5. The zero-order chi connectivity index (χ0) is 26.5. The predicted octanol–water partition coefficient (Wildman–Crippen LogP) is 5.61. The molecule has 1 saturated heterocycles. The van der Waals surface area contributed by atoms with Gasteiger partial charge in [-0.2, -0.15) is 0 Å². The highest BCUT2D eigenvalue weighted by Crippen LogP contribution is 2.26. The molecule has 0 saturated carbocycles. The van der Waals surface area contributed by atoms with E-state index in [9.17, 15) is 9.59 Å². The summed E-state index contributed by atoms with van der Waals surface area (Å²) < 4.78 is 0. The van der Waals surface area contributed by atoms with Gasteiger partial charge in [0.1, 0.15) is 0 Å². The third kappa shape index (κ3) is 5.92. The lowest BCUT2D eigenvalue weighted by Gasteiger charge is -2.29. The lowest BCUT2D eigenvalue weighted by atomic mass is 9.96. The van der Waals surface area contributed by atoms with Crippen LogP contribution in [0.3, 0.4) is 0 Å². The second-order valence-electron chi connectivity index (χ2n) is 10.1. The molecule has 0 bridgehead atoms. The molecule has 0 radical (unpaired) electrons. The average molecular weight is 507 g/mol. The van der Waals surface area contributed by atoms with Crippen molar-refractivity contribution in [3.63, 3.8) is 0 Å². The molecule has 5 rings (SSSR count). The number of aromatic nitrogens is 1. The maximum atomic E-state index is 13.1. The van der Waals surface area contributed by atoms with Gasteiger partial charge in [-0.25, -0.2) is 0 Å². The lowest BCUT2D eigenvalue weighted by molar-refractivity contribution is 0.0913. The molecule has 38 heavy (non-hydrogen) atoms. The number of likely N-dealkylation sites (tertiary alicyclic amines) is 1. The van der Waals surface area contributed by atoms with Gasteiger partial charge in [0.05, 0.1) is 6.04 Å². The van der Waals surface area contributed by atoms with Crippen LogP contribution >= 0.6 is 0 Å². The van der Waals surface area contributed by atoms with E-state index in [4.69, 9.17) is 0 Å². The lowest BCUT2D eigenvalue weighted by Crippen LogP contribution is -2.43. The number of fused-ring (bicyclic) bond motifs is 1. The third-order valence-electron chi connectivity index (χ3n) is 7.42. The fourth-order valence-corrected chi connectivity index (χ4v) is 5.08. The average Bonchev–Trinajstić information content (AvgIpc) is 2.96. The number of carbonyl (C=O) groups excluding carboxylic acids is 2. The van der Waals surface area contributed by atoms with Gasteiger partial charge in [-0.3, -0.25) is 14.6 Å². The Morgan fingerprint density at radius 3 is 2.42 bits per heavy atom. The molecule has 0 aliphatic carbocycles. The van der Waals surface area contributed by atoms with Crippen LogP contribution in [0.5, 0.6) is 0 Å². The van der Waals surface area contributed by atoms with Gasteiger partial charge >= 0.3 is 0 Å². The van der Waals surface area contributed by atoms with E-state index in [2.05, 4.69) is 40.6 Å². The molecule has 4 aromatic rings. The van der Waals surface area contributed by atoms with Crippen LogP contribution < -0.4 is 10.6 Å². The Morgan fingerprint density at radius 2 is 1.63 bits per heavy atom. The van der Waals surface area contributed by atoms with Crippen LogP contribution in [0.4, 0.5) is 0 Å². The SMILES string of the molecule is CCC(NC(=O)c1ccc2cnccc2c1)c1cccc(-c2cccc(C(=O)NC3CCN(C)CC3)c2)c1. The van der Waals surface area contributed by atoms with Gasteiger partial charge in [-0.1, -0.05) is 43.3 Å². The summed E-state index contributed by atoms with van der Waals surface area (Å²) in [6, 6.07) is 23.6. The van der Waals surface area contributed by atoms with Gasteiger partial charge in [0.15, 0.2) is 0 Å². The number of nitrogens with one attached hydrogen (secondary N) is 2. The molecule has 6 nitrogen and oxygen atoms in total. The van der Waals surface area contributed by atoms with Gasteiger partial charge in [-0.15, -0.1) is 0 Å². The third-order valence-corrected chi connectivity index (χ3v) is 7.42. The molecule has 1 unspecified atom stereocenters. The largest absolute Gasteiger partial charge is 0.349 e. The van der Waals surface area contributed by atoms with Gasteiger partial charge in [-0.05, 0) is 97.9 Å². The zero-order valence-corrected chi connectivity index (χ0v) is 22.0. The van der Waals surface area contributed by atoms with Gasteiger partial charge in [0, 0.05) is 34.9 Å². The number of pyridine rings is 1. The second kappa shape index (κ2) is 11.6. The summed E-state index contributed by atoms with van der Waals surface area (Å²) in [7, 11) is 2.12. The van der Waals surface area contributed by atoms with Crippen LogP contribution in [-0.4, -0.2) is 47.9 Å². The maximum Gasteiger partial charge on any atom is 0.251 e. The standard InChI is InChI=1S/C32H34N4O2/c1-3-30(35-32(38)27-10-11-28-21-33-15-12-24(28)20-27)25-8-4-6-22(18-25)23-7-5-9-26(19-23)31(37)34-29-13-16-36(2)17-14-29/h4-12,15,18-21,29-30H,3,13-14,16-17H2,1-2H3,(H,34,37)(H,35,38). The van der Waals surface area contributed by atoms with E-state index >= 15 is 0 Å². The van der Waals surface area contributed by atoms with Crippen molar-refractivity contribution in [2.75, 3.05) is 20.1 Å². The van der Waals surface area contributed by atoms with Crippen LogP contribution in [-0.2, 0) is 0 Å². The number of nitrogens with zero attached hydrogens (tertiary/aromatic N) is 2. The number of piperidine rings is 1. The summed E-state index contributed by atoms with van der Waals surface area (Å²) >= 11 is 0. The van der Waals surface area contributed by atoms with Crippen LogP contribution in [0, 0.1) is 0 Å². The van der Waals surface area contributed by atoms with Gasteiger partial charge in [0.2, 0.25) is 0 Å². The molecule has 1 atom stereocenters. The van der Waals surface area contributed by atoms with Crippen molar-refractivity contribution in [1.29, 1.82) is 0 Å². The van der Waals surface area contributed by atoms with E-state index in [-0.39, 0.29) is 23.9 Å². The van der Waals surface area contributed by atoms with Crippen LogP contribution in [0.2, 0.25) is 0 Å². The molecule has 1 aliphatic heterocycles. The van der Waals surface area contributed by atoms with Crippen LogP contribution in [0.1, 0.15) is 58.5 Å². The Balaban J connectivity index is 1.31. The molecule has 194 valence electrons. The van der Waals surface area contributed by atoms with Crippen molar-refractivity contribution in [2.24, 2.45) is 0 Å². The monoisotopic (exact) mass is 506 g/mol. The summed E-state index contributed by atoms with van der Waals surface area (Å²) in [5.74, 6) is -0.129. The number of hydrogen-bond acceptors (Lipinski definition) is 4. The van der Waals surface area contributed by atoms with E-state index in [0.717, 1.165) is 59.8 Å². The molecule has 0 spiro atoms. The fraction of sp³-hybridized carbons (Fsp3) is 0.281. The second-order valence-corrected chi connectivity index (χ2v) is 10.1. The molecule has 1 fully saturated rings. The maximum absolute atomic E-state index is 13.1. The van der Waals surface area contributed by atoms with Crippen molar-refractivity contribution in [3.8, 4) is 11.1 Å². The smallest absolute Gasteiger partial charge is 0.251 e. The minimum absolute atomic E-state index is 0.0255. The first-order valence-electron chi connectivity index (χ1n) is 13.3. The summed E-state index contributed by atoms with van der Waals surface area (Å²) in [6.07, 6.45) is 6.24. The highest BCUT2D eigenvalue weighted by Gasteiger charge is 2.20. The first kappa shape index (κ1) is 25.6. The molecule has 2 amide bonds. The molecule has 3 aromatic carbocycles. The van der Waals surface area contributed by atoms with Crippen LogP contribution in [0.25, 0.3) is 21.9 Å². The minimum atomic E-state index is -0.133. The Morgan fingerprint density at radius 1 is 0.895 bits per heavy atom. The number of carbonyl (C=O) groups is 2. The Bertz CT molecular complexity index is 1440. The Labute approximate surface area is 224 Å². The van der Waals surface area contributed by atoms with Crippen molar-refractivity contribution >= 4 is 22.6 Å². The zero-order valence-electron chi connectivity index (χ0n) is 22.0. The normalized spacial score (nSPS) is 15.2. The Hall–Kier alpha value is -4.03. The predicted molar refractivity (Wildman–Crippen MR) is 152 cm³/mol. The summed E-state index contributed by atoms with van der Waals surface area (Å²) in [5, 5.41) is 8.40. The molecule has 2 N–H and O–H groups in total. The number of rotatable bonds is 7. The van der Waals surface area contributed by atoms with Crippen molar-refractivity contribution < 1.29 is 9.59 Å². The van der Waals surface area contributed by atoms with E-state index in [1.165, 1.54) is 0 Å². The highest BCUT2D eigenvalue weighted by atomic mass is 16.2. The molecular weight excluding hydrogens is 472 g/mol.